The first-order valence-electron chi connectivity index (χ1n) is 11.0. The van der Waals surface area contributed by atoms with Gasteiger partial charge in [0.25, 0.3) is 5.91 Å². The van der Waals surface area contributed by atoms with Gasteiger partial charge >= 0.3 is 0 Å². The van der Waals surface area contributed by atoms with Crippen molar-refractivity contribution in [2.75, 3.05) is 18.4 Å². The fourth-order valence-electron chi connectivity index (χ4n) is 3.91. The monoisotopic (exact) mass is 471 g/mol. The molecule has 1 aliphatic carbocycles. The first-order chi connectivity index (χ1) is 15.3. The van der Waals surface area contributed by atoms with Crippen molar-refractivity contribution in [3.63, 3.8) is 0 Å². The highest BCUT2D eigenvalue weighted by Crippen LogP contribution is 2.34. The summed E-state index contributed by atoms with van der Waals surface area (Å²) in [6.07, 6.45) is 8.48. The zero-order chi connectivity index (χ0) is 22.8. The van der Waals surface area contributed by atoms with E-state index in [0.717, 1.165) is 37.1 Å². The van der Waals surface area contributed by atoms with Gasteiger partial charge in [-0.25, -0.2) is 0 Å². The van der Waals surface area contributed by atoms with Crippen LogP contribution in [-0.4, -0.2) is 34.8 Å². The van der Waals surface area contributed by atoms with Gasteiger partial charge in [-0.1, -0.05) is 34.9 Å². The van der Waals surface area contributed by atoms with E-state index in [1.165, 1.54) is 24.6 Å². The van der Waals surface area contributed by atoms with Gasteiger partial charge in [0, 0.05) is 36.4 Å². The molecule has 1 aliphatic heterocycles. The van der Waals surface area contributed by atoms with Gasteiger partial charge in [0.1, 0.15) is 0 Å². The molecule has 2 aromatic rings. The van der Waals surface area contributed by atoms with Crippen molar-refractivity contribution in [2.45, 2.75) is 46.0 Å². The van der Waals surface area contributed by atoms with E-state index in [-0.39, 0.29) is 5.91 Å². The van der Waals surface area contributed by atoms with Crippen molar-refractivity contribution in [2.24, 2.45) is 5.92 Å². The summed E-state index contributed by atoms with van der Waals surface area (Å²) in [7, 11) is 0. The number of halogens is 2. The standard InChI is InChI=1S/C25H27Cl2N3O2/c1-15-19(9-18-5-7-30(8-6-18)24(31)10-17-3-4-17)11-21(26)13-23(15)29-25(32)20-12-22(27)16(2)28-14-20/h9,11-14,17H,3-8,10H2,1-2H3,(H,29,32). The largest absolute Gasteiger partial charge is 0.342 e. The van der Waals surface area contributed by atoms with Crippen LogP contribution < -0.4 is 5.32 Å². The third-order valence-corrected chi connectivity index (χ3v) is 6.83. The molecule has 1 aromatic carbocycles. The van der Waals surface area contributed by atoms with Crippen molar-refractivity contribution in [3.05, 3.63) is 62.4 Å². The maximum atomic E-state index is 12.7. The van der Waals surface area contributed by atoms with E-state index in [9.17, 15) is 9.59 Å². The molecule has 7 heteroatoms. The number of nitrogens with zero attached hydrogens (tertiary/aromatic N) is 2. The van der Waals surface area contributed by atoms with Crippen LogP contribution in [-0.2, 0) is 4.79 Å². The topological polar surface area (TPSA) is 62.3 Å². The van der Waals surface area contributed by atoms with E-state index in [1.54, 1.807) is 19.1 Å². The fourth-order valence-corrected chi connectivity index (χ4v) is 4.30. The lowest BCUT2D eigenvalue weighted by molar-refractivity contribution is -0.132. The molecule has 0 radical (unpaired) electrons. The second kappa shape index (κ2) is 9.63. The van der Waals surface area contributed by atoms with Crippen LogP contribution in [0.15, 0.2) is 30.0 Å². The van der Waals surface area contributed by atoms with E-state index in [0.29, 0.717) is 45.2 Å². The zero-order valence-electron chi connectivity index (χ0n) is 18.4. The third kappa shape index (κ3) is 5.51. The normalized spacial score (nSPS) is 16.1. The number of aryl methyl sites for hydroxylation is 1. The summed E-state index contributed by atoms with van der Waals surface area (Å²) < 4.78 is 0. The number of rotatable bonds is 5. The predicted molar refractivity (Wildman–Crippen MR) is 129 cm³/mol. The number of hydrogen-bond acceptors (Lipinski definition) is 3. The number of benzene rings is 1. The molecule has 1 aromatic heterocycles. The Morgan fingerprint density at radius 2 is 1.88 bits per heavy atom. The van der Waals surface area contributed by atoms with Gasteiger partial charge in [-0.15, -0.1) is 0 Å². The summed E-state index contributed by atoms with van der Waals surface area (Å²) >= 11 is 12.5. The molecule has 168 valence electrons. The number of piperidine rings is 1. The molecule has 0 bridgehead atoms. The summed E-state index contributed by atoms with van der Waals surface area (Å²) in [5, 5.41) is 3.94. The molecule has 1 saturated carbocycles. The zero-order valence-corrected chi connectivity index (χ0v) is 19.9. The number of carbonyl (C=O) groups excluding carboxylic acids is 2. The maximum absolute atomic E-state index is 12.7. The van der Waals surface area contributed by atoms with Gasteiger partial charge in [0.05, 0.1) is 16.3 Å². The number of aromatic nitrogens is 1. The number of pyridine rings is 1. The number of likely N-dealkylation sites (tertiary alicyclic amines) is 1. The number of amides is 2. The molecule has 0 unspecified atom stereocenters. The lowest BCUT2D eigenvalue weighted by Gasteiger charge is -2.29. The fraction of sp³-hybridized carbons (Fsp3) is 0.400. The van der Waals surface area contributed by atoms with Crippen molar-refractivity contribution in [3.8, 4) is 0 Å². The molecule has 5 nitrogen and oxygen atoms in total. The molecular formula is C25H27Cl2N3O2. The van der Waals surface area contributed by atoms with Crippen LogP contribution in [0.2, 0.25) is 10.0 Å². The van der Waals surface area contributed by atoms with Gasteiger partial charge in [0.2, 0.25) is 5.91 Å². The average Bonchev–Trinajstić information content (AvgIpc) is 3.57. The number of anilines is 1. The summed E-state index contributed by atoms with van der Waals surface area (Å²) in [6, 6.07) is 5.27. The van der Waals surface area contributed by atoms with E-state index in [1.807, 2.05) is 17.9 Å². The van der Waals surface area contributed by atoms with Crippen molar-refractivity contribution in [1.82, 2.24) is 9.88 Å². The number of hydrogen-bond donors (Lipinski definition) is 1. The Bertz CT molecular complexity index is 1080. The summed E-state index contributed by atoms with van der Waals surface area (Å²) in [5.74, 6) is 0.626. The molecular weight excluding hydrogens is 445 g/mol. The summed E-state index contributed by atoms with van der Waals surface area (Å²) in [5.41, 5.74) is 4.93. The molecule has 2 aliphatic rings. The first-order valence-corrected chi connectivity index (χ1v) is 11.8. The predicted octanol–water partition coefficient (Wildman–Crippen LogP) is 6.06. The van der Waals surface area contributed by atoms with Gasteiger partial charge in [0.15, 0.2) is 0 Å². The summed E-state index contributed by atoms with van der Waals surface area (Å²) in [4.78, 5) is 31.2. The number of carbonyl (C=O) groups is 2. The second-order valence-electron chi connectivity index (χ2n) is 8.74. The molecule has 0 spiro atoms. The highest BCUT2D eigenvalue weighted by Gasteiger charge is 2.28. The first kappa shape index (κ1) is 22.8. The minimum atomic E-state index is -0.286. The van der Waals surface area contributed by atoms with Crippen LogP contribution in [0.1, 0.15) is 59.3 Å². The van der Waals surface area contributed by atoms with Gasteiger partial charge in [-0.2, -0.15) is 0 Å². The van der Waals surface area contributed by atoms with Crippen LogP contribution in [0.25, 0.3) is 6.08 Å². The SMILES string of the molecule is Cc1ncc(C(=O)Nc2cc(Cl)cc(C=C3CCN(C(=O)CC4CC4)CC3)c2C)cc1Cl. The molecule has 1 N–H and O–H groups in total. The third-order valence-electron chi connectivity index (χ3n) is 6.23. The maximum Gasteiger partial charge on any atom is 0.257 e. The average molecular weight is 472 g/mol. The van der Waals surface area contributed by atoms with Crippen molar-refractivity contribution in [1.29, 1.82) is 0 Å². The molecule has 32 heavy (non-hydrogen) atoms. The highest BCUT2D eigenvalue weighted by atomic mass is 35.5. The Balaban J connectivity index is 1.46. The van der Waals surface area contributed by atoms with Crippen LogP contribution in [0.5, 0.6) is 0 Å². The highest BCUT2D eigenvalue weighted by molar-refractivity contribution is 6.32. The molecule has 0 atom stereocenters. The summed E-state index contributed by atoms with van der Waals surface area (Å²) in [6.45, 7) is 5.29. The number of nitrogens with one attached hydrogen (secondary N) is 1. The quantitative estimate of drug-likeness (QED) is 0.575. The Hall–Kier alpha value is -2.37. The van der Waals surface area contributed by atoms with Crippen molar-refractivity contribution >= 4 is 46.8 Å². The second-order valence-corrected chi connectivity index (χ2v) is 9.59. The van der Waals surface area contributed by atoms with E-state index in [2.05, 4.69) is 16.4 Å². The Labute approximate surface area is 198 Å². The smallest absolute Gasteiger partial charge is 0.257 e. The minimum Gasteiger partial charge on any atom is -0.342 e. The van der Waals surface area contributed by atoms with Gasteiger partial charge < -0.3 is 10.2 Å². The lowest BCUT2D eigenvalue weighted by atomic mass is 9.97. The molecule has 4 rings (SSSR count). The molecule has 2 fully saturated rings. The van der Waals surface area contributed by atoms with E-state index >= 15 is 0 Å². The Morgan fingerprint density at radius 3 is 2.53 bits per heavy atom. The van der Waals surface area contributed by atoms with Crippen molar-refractivity contribution < 1.29 is 9.59 Å². The van der Waals surface area contributed by atoms with Crippen LogP contribution in [0.3, 0.4) is 0 Å². The van der Waals surface area contributed by atoms with Gasteiger partial charge in [-0.3, -0.25) is 14.6 Å². The van der Waals surface area contributed by atoms with Crippen LogP contribution >= 0.6 is 23.2 Å². The van der Waals surface area contributed by atoms with Crippen LogP contribution in [0, 0.1) is 19.8 Å². The molecule has 2 amide bonds. The molecule has 2 heterocycles. The lowest BCUT2D eigenvalue weighted by Crippen LogP contribution is -2.36. The minimum absolute atomic E-state index is 0.286. The van der Waals surface area contributed by atoms with E-state index in [4.69, 9.17) is 23.2 Å². The van der Waals surface area contributed by atoms with Crippen LogP contribution in [0.4, 0.5) is 5.69 Å². The van der Waals surface area contributed by atoms with E-state index < -0.39 is 0 Å². The molecule has 1 saturated heterocycles. The Morgan fingerprint density at radius 1 is 1.16 bits per heavy atom. The Kier molecular flexibility index (Phi) is 6.87. The van der Waals surface area contributed by atoms with Gasteiger partial charge in [-0.05, 0) is 74.8 Å².